The van der Waals surface area contributed by atoms with Crippen LogP contribution in [-0.2, 0) is 0 Å². The van der Waals surface area contributed by atoms with E-state index >= 15 is 0 Å². The molecule has 0 saturated heterocycles. The number of hydrogen-bond donors (Lipinski definition) is 1. The summed E-state index contributed by atoms with van der Waals surface area (Å²) in [7, 11) is 0. The zero-order valence-electron chi connectivity index (χ0n) is 20.6. The number of ether oxygens (including phenoxy) is 2. The Bertz CT molecular complexity index is 1830. The van der Waals surface area contributed by atoms with Crippen LogP contribution >= 0.6 is 11.3 Å². The highest BCUT2D eigenvalue weighted by molar-refractivity contribution is 7.14. The number of thiazole rings is 1. The van der Waals surface area contributed by atoms with Gasteiger partial charge in [-0.15, -0.1) is 11.3 Å². The fourth-order valence-electron chi connectivity index (χ4n) is 4.66. The minimum Gasteiger partial charge on any atom is -0.454 e. The molecule has 6 aromatic rings. The van der Waals surface area contributed by atoms with E-state index in [-0.39, 0.29) is 12.7 Å². The summed E-state index contributed by atoms with van der Waals surface area (Å²) in [5.41, 5.74) is 6.89. The summed E-state index contributed by atoms with van der Waals surface area (Å²) in [5.74, 6) is 1.13. The maximum Gasteiger partial charge on any atom is 0.258 e. The van der Waals surface area contributed by atoms with Crippen LogP contribution in [0.1, 0.15) is 10.4 Å². The third-order valence-corrected chi connectivity index (χ3v) is 7.40. The molecule has 0 fully saturated rings. The lowest BCUT2D eigenvalue weighted by atomic mass is 10.0. The van der Waals surface area contributed by atoms with Gasteiger partial charge in [-0.3, -0.25) is 10.1 Å². The minimum atomic E-state index is -0.240. The second-order valence-corrected chi connectivity index (χ2v) is 9.93. The van der Waals surface area contributed by atoms with Crippen LogP contribution in [0, 0.1) is 0 Å². The van der Waals surface area contributed by atoms with E-state index in [1.54, 1.807) is 0 Å². The van der Waals surface area contributed by atoms with Gasteiger partial charge in [0.05, 0.1) is 22.5 Å². The van der Waals surface area contributed by atoms with Gasteiger partial charge in [0.25, 0.3) is 5.91 Å². The Morgan fingerprint density at radius 2 is 1.41 bits per heavy atom. The van der Waals surface area contributed by atoms with Crippen LogP contribution in [0.5, 0.6) is 11.5 Å². The fraction of sp³-hybridized carbons (Fsp3) is 0.0312. The van der Waals surface area contributed by atoms with Crippen LogP contribution in [0.3, 0.4) is 0 Å². The number of rotatable bonds is 5. The van der Waals surface area contributed by atoms with Crippen molar-refractivity contribution in [3.8, 4) is 45.1 Å². The van der Waals surface area contributed by atoms with Crippen molar-refractivity contribution in [3.63, 3.8) is 0 Å². The lowest BCUT2D eigenvalue weighted by Gasteiger charge is -2.10. The second kappa shape index (κ2) is 9.70. The third kappa shape index (κ3) is 4.49. The first-order valence-corrected chi connectivity index (χ1v) is 13.3. The highest BCUT2D eigenvalue weighted by atomic mass is 32.1. The number of fused-ring (bicyclic) bond motifs is 2. The van der Waals surface area contributed by atoms with Gasteiger partial charge in [0.15, 0.2) is 16.6 Å². The van der Waals surface area contributed by atoms with Gasteiger partial charge in [0, 0.05) is 21.9 Å². The van der Waals surface area contributed by atoms with E-state index in [1.807, 2.05) is 72.1 Å². The average Bonchev–Trinajstić information content (AvgIpc) is 3.66. The van der Waals surface area contributed by atoms with Crippen LogP contribution in [0.25, 0.3) is 44.5 Å². The van der Waals surface area contributed by atoms with Crippen molar-refractivity contribution in [1.29, 1.82) is 0 Å². The Morgan fingerprint density at radius 1 is 0.692 bits per heavy atom. The Kier molecular flexibility index (Phi) is 5.75. The molecule has 188 valence electrons. The molecule has 1 aliphatic heterocycles. The molecule has 6 nitrogen and oxygen atoms in total. The van der Waals surface area contributed by atoms with E-state index in [4.69, 9.17) is 14.5 Å². The zero-order valence-corrected chi connectivity index (χ0v) is 21.4. The number of amides is 1. The van der Waals surface area contributed by atoms with E-state index in [0.717, 1.165) is 33.3 Å². The van der Waals surface area contributed by atoms with Crippen molar-refractivity contribution in [2.24, 2.45) is 0 Å². The SMILES string of the molecule is O=C(Nc1nc(-c2ccc(-c3ccccc3)cc2)cs1)c1cc(-c2ccc3c(c2)OCO3)nc2ccccc12. The fourth-order valence-corrected chi connectivity index (χ4v) is 5.37. The van der Waals surface area contributed by atoms with Crippen molar-refractivity contribution in [2.45, 2.75) is 0 Å². The summed E-state index contributed by atoms with van der Waals surface area (Å²) in [5, 5.41) is 6.25. The molecular weight excluding hydrogens is 506 g/mol. The largest absolute Gasteiger partial charge is 0.454 e. The zero-order chi connectivity index (χ0) is 26.2. The second-order valence-electron chi connectivity index (χ2n) is 9.08. The molecule has 0 radical (unpaired) electrons. The van der Waals surface area contributed by atoms with Crippen LogP contribution < -0.4 is 14.8 Å². The van der Waals surface area contributed by atoms with E-state index < -0.39 is 0 Å². The van der Waals surface area contributed by atoms with Crippen LogP contribution in [-0.4, -0.2) is 22.7 Å². The Morgan fingerprint density at radius 3 is 2.28 bits per heavy atom. The summed E-state index contributed by atoms with van der Waals surface area (Å²) in [6.07, 6.45) is 0. The molecule has 1 amide bonds. The predicted molar refractivity (Wildman–Crippen MR) is 154 cm³/mol. The molecule has 39 heavy (non-hydrogen) atoms. The normalized spacial score (nSPS) is 12.0. The monoisotopic (exact) mass is 527 g/mol. The van der Waals surface area contributed by atoms with Crippen molar-refractivity contribution in [3.05, 3.63) is 114 Å². The molecule has 0 bridgehead atoms. The Balaban J connectivity index is 1.17. The Hall–Kier alpha value is -5.01. The van der Waals surface area contributed by atoms with Crippen molar-refractivity contribution >= 4 is 33.3 Å². The van der Waals surface area contributed by atoms with Crippen molar-refractivity contribution in [1.82, 2.24) is 9.97 Å². The number of benzene rings is 4. The van der Waals surface area contributed by atoms with Crippen molar-refractivity contribution < 1.29 is 14.3 Å². The predicted octanol–water partition coefficient (Wildman–Crippen LogP) is 7.67. The van der Waals surface area contributed by atoms with E-state index in [0.29, 0.717) is 27.9 Å². The summed E-state index contributed by atoms with van der Waals surface area (Å²) < 4.78 is 11.0. The molecule has 0 saturated carbocycles. The number of anilines is 1. The molecule has 0 atom stereocenters. The molecule has 0 unspecified atom stereocenters. The van der Waals surface area contributed by atoms with E-state index in [1.165, 1.54) is 16.9 Å². The topological polar surface area (TPSA) is 73.3 Å². The highest BCUT2D eigenvalue weighted by Gasteiger charge is 2.18. The quantitative estimate of drug-likeness (QED) is 0.249. The molecule has 1 N–H and O–H groups in total. The van der Waals surface area contributed by atoms with E-state index in [9.17, 15) is 4.79 Å². The van der Waals surface area contributed by atoms with Gasteiger partial charge < -0.3 is 9.47 Å². The standard InChI is InChI=1S/C32H21N3O3S/c36-31(35-32-34-28(18-39-32)22-12-10-21(11-13-22)20-6-2-1-3-7-20)25-17-27(33-26-9-5-4-8-24(25)26)23-14-15-29-30(16-23)38-19-37-29/h1-18H,19H2,(H,34,35,36). The molecule has 7 heteroatoms. The number of aromatic nitrogens is 2. The van der Waals surface area contributed by atoms with Crippen LogP contribution in [0.15, 0.2) is 109 Å². The number of nitrogens with zero attached hydrogens (tertiary/aromatic N) is 2. The van der Waals surface area contributed by atoms with Crippen molar-refractivity contribution in [2.75, 3.05) is 12.1 Å². The number of carbonyl (C=O) groups is 1. The van der Waals surface area contributed by atoms with Gasteiger partial charge in [-0.05, 0) is 41.5 Å². The molecule has 2 aromatic heterocycles. The first-order valence-electron chi connectivity index (χ1n) is 12.4. The number of nitrogens with one attached hydrogen (secondary N) is 1. The van der Waals surface area contributed by atoms with E-state index in [2.05, 4.69) is 46.7 Å². The first-order chi connectivity index (χ1) is 19.2. The number of pyridine rings is 1. The minimum absolute atomic E-state index is 0.199. The summed E-state index contributed by atoms with van der Waals surface area (Å²) in [6, 6.07) is 33.6. The molecule has 3 heterocycles. The summed E-state index contributed by atoms with van der Waals surface area (Å²) >= 11 is 1.40. The number of carbonyl (C=O) groups excluding carboxylic acids is 1. The Labute approximate surface area is 228 Å². The maximum atomic E-state index is 13.5. The van der Waals surface area contributed by atoms with Gasteiger partial charge in [0.2, 0.25) is 6.79 Å². The smallest absolute Gasteiger partial charge is 0.258 e. The lowest BCUT2D eigenvalue weighted by Crippen LogP contribution is -2.13. The molecule has 4 aromatic carbocycles. The molecule has 0 spiro atoms. The lowest BCUT2D eigenvalue weighted by molar-refractivity contribution is 0.102. The molecule has 1 aliphatic rings. The van der Waals surface area contributed by atoms with Gasteiger partial charge in [-0.1, -0.05) is 72.8 Å². The van der Waals surface area contributed by atoms with Gasteiger partial charge in [-0.25, -0.2) is 9.97 Å². The third-order valence-electron chi connectivity index (χ3n) is 6.64. The summed E-state index contributed by atoms with van der Waals surface area (Å²) in [4.78, 5) is 23.0. The molecular formula is C32H21N3O3S. The van der Waals surface area contributed by atoms with Crippen LogP contribution in [0.2, 0.25) is 0 Å². The maximum absolute atomic E-state index is 13.5. The van der Waals surface area contributed by atoms with Gasteiger partial charge in [0.1, 0.15) is 0 Å². The molecule has 0 aliphatic carbocycles. The first kappa shape index (κ1) is 23.1. The number of hydrogen-bond acceptors (Lipinski definition) is 6. The van der Waals surface area contributed by atoms with Crippen LogP contribution in [0.4, 0.5) is 5.13 Å². The highest BCUT2D eigenvalue weighted by Crippen LogP contribution is 2.36. The summed E-state index contributed by atoms with van der Waals surface area (Å²) in [6.45, 7) is 0.199. The van der Waals surface area contributed by atoms with Gasteiger partial charge in [-0.2, -0.15) is 0 Å². The number of para-hydroxylation sites is 1. The van der Waals surface area contributed by atoms with Gasteiger partial charge >= 0.3 is 0 Å². The average molecular weight is 528 g/mol. The molecule has 7 rings (SSSR count).